The second kappa shape index (κ2) is 6.85. The third-order valence-electron chi connectivity index (χ3n) is 2.45. The fourth-order valence-corrected chi connectivity index (χ4v) is 1.71. The van der Waals surface area contributed by atoms with Gasteiger partial charge in [0, 0.05) is 11.3 Å². The number of carbonyl (C=O) groups excluding carboxylic acids is 1. The summed E-state index contributed by atoms with van der Waals surface area (Å²) in [5.74, 6) is -3.45. The van der Waals surface area contributed by atoms with Gasteiger partial charge in [0.15, 0.2) is 0 Å². The van der Waals surface area contributed by atoms with Gasteiger partial charge in [-0.3, -0.25) is 9.59 Å². The second-order valence-electron chi connectivity index (χ2n) is 3.99. The summed E-state index contributed by atoms with van der Waals surface area (Å²) >= 11 is 5.75. The Hall–Kier alpha value is -2.15. The van der Waals surface area contributed by atoms with Gasteiger partial charge in [0.05, 0.1) is 6.42 Å². The molecule has 108 valence electrons. The molecule has 1 rings (SSSR count). The van der Waals surface area contributed by atoms with E-state index >= 15 is 0 Å². The first kappa shape index (κ1) is 15.9. The van der Waals surface area contributed by atoms with Crippen LogP contribution in [0.15, 0.2) is 12.1 Å². The Bertz CT molecular complexity index is 547. The minimum Gasteiger partial charge on any atom is -0.481 e. The Morgan fingerprint density at radius 2 is 2.00 bits per heavy atom. The number of carboxylic acids is 2. The van der Waals surface area contributed by atoms with Gasteiger partial charge >= 0.3 is 11.9 Å². The van der Waals surface area contributed by atoms with Crippen molar-refractivity contribution in [1.82, 2.24) is 10.3 Å². The molecule has 3 N–H and O–H groups in total. The summed E-state index contributed by atoms with van der Waals surface area (Å²) in [6.45, 7) is 1.82. The third kappa shape index (κ3) is 4.51. The van der Waals surface area contributed by atoms with E-state index in [0.717, 1.165) is 0 Å². The zero-order valence-electron chi connectivity index (χ0n) is 10.6. The van der Waals surface area contributed by atoms with Crippen LogP contribution in [-0.2, 0) is 16.0 Å². The molecule has 0 aliphatic rings. The van der Waals surface area contributed by atoms with Crippen molar-refractivity contribution in [3.63, 3.8) is 0 Å². The Kier molecular flexibility index (Phi) is 5.45. The molecule has 0 bridgehead atoms. The first-order valence-corrected chi connectivity index (χ1v) is 6.13. The monoisotopic (exact) mass is 300 g/mol. The summed E-state index contributed by atoms with van der Waals surface area (Å²) in [5, 5.41) is 19.7. The number of nitrogens with zero attached hydrogens (tertiary/aromatic N) is 1. The number of hydrogen-bond donors (Lipinski definition) is 3. The van der Waals surface area contributed by atoms with Crippen LogP contribution in [0.5, 0.6) is 0 Å². The number of carbonyl (C=O) groups is 3. The highest BCUT2D eigenvalue weighted by atomic mass is 35.5. The Balaban J connectivity index is 2.91. The van der Waals surface area contributed by atoms with Gasteiger partial charge in [-0.05, 0) is 18.6 Å². The summed E-state index contributed by atoms with van der Waals surface area (Å²) < 4.78 is 0. The highest BCUT2D eigenvalue weighted by molar-refractivity contribution is 6.29. The lowest BCUT2D eigenvalue weighted by Crippen LogP contribution is -2.42. The highest BCUT2D eigenvalue weighted by Gasteiger charge is 2.23. The van der Waals surface area contributed by atoms with Crippen molar-refractivity contribution >= 4 is 29.4 Å². The summed E-state index contributed by atoms with van der Waals surface area (Å²) in [4.78, 5) is 37.3. The van der Waals surface area contributed by atoms with Crippen molar-refractivity contribution in [3.8, 4) is 0 Å². The number of carboxylic acid groups (broad SMARTS) is 2. The Morgan fingerprint density at radius 3 is 2.50 bits per heavy atom. The molecule has 1 atom stereocenters. The average molecular weight is 301 g/mol. The molecule has 0 aromatic carbocycles. The van der Waals surface area contributed by atoms with Crippen LogP contribution < -0.4 is 5.32 Å². The first-order valence-electron chi connectivity index (χ1n) is 5.75. The predicted octanol–water partition coefficient (Wildman–Crippen LogP) is 0.955. The first-order chi connectivity index (χ1) is 9.33. The van der Waals surface area contributed by atoms with Crippen LogP contribution in [-0.4, -0.2) is 39.1 Å². The molecule has 0 aliphatic heterocycles. The van der Waals surface area contributed by atoms with Crippen molar-refractivity contribution in [2.75, 3.05) is 0 Å². The van der Waals surface area contributed by atoms with Crippen LogP contribution >= 0.6 is 11.6 Å². The molecule has 0 saturated heterocycles. The van der Waals surface area contributed by atoms with Crippen LogP contribution in [0, 0.1) is 0 Å². The van der Waals surface area contributed by atoms with Crippen LogP contribution in [0.4, 0.5) is 0 Å². The predicted molar refractivity (Wildman–Crippen MR) is 69.8 cm³/mol. The maximum atomic E-state index is 11.9. The van der Waals surface area contributed by atoms with Crippen molar-refractivity contribution in [2.45, 2.75) is 25.8 Å². The molecule has 0 aliphatic carbocycles. The average Bonchev–Trinajstić information content (AvgIpc) is 2.36. The fourth-order valence-electron chi connectivity index (χ4n) is 1.48. The number of aryl methyl sites for hydroxylation is 1. The number of halogens is 1. The topological polar surface area (TPSA) is 117 Å². The van der Waals surface area contributed by atoms with Gasteiger partial charge in [-0.2, -0.15) is 0 Å². The highest BCUT2D eigenvalue weighted by Crippen LogP contribution is 2.12. The number of nitrogens with one attached hydrogen (secondary N) is 1. The Labute approximate surface area is 119 Å². The molecule has 0 spiro atoms. The molecule has 0 saturated carbocycles. The smallest absolute Gasteiger partial charge is 0.326 e. The molecule has 1 unspecified atom stereocenters. The Morgan fingerprint density at radius 1 is 1.35 bits per heavy atom. The molecule has 8 heteroatoms. The van der Waals surface area contributed by atoms with E-state index < -0.39 is 30.3 Å². The minimum atomic E-state index is -1.50. The lowest BCUT2D eigenvalue weighted by atomic mass is 10.1. The van der Waals surface area contributed by atoms with Gasteiger partial charge in [0.25, 0.3) is 5.91 Å². The zero-order chi connectivity index (χ0) is 15.3. The molecule has 1 amide bonds. The minimum absolute atomic E-state index is 0.111. The zero-order valence-corrected chi connectivity index (χ0v) is 11.3. The summed E-state index contributed by atoms with van der Waals surface area (Å²) in [6.07, 6.45) is -0.154. The molecular weight excluding hydrogens is 288 g/mol. The van der Waals surface area contributed by atoms with Crippen molar-refractivity contribution in [2.24, 2.45) is 0 Å². The molecule has 0 fully saturated rings. The standard InChI is InChI=1S/C12H13ClN2O5/c1-2-7-3-6(4-9(13)14-7)11(18)15-8(12(19)20)5-10(16)17/h3-4,8H,2,5H2,1H3,(H,15,18)(H,16,17)(H,19,20). The number of amides is 1. The lowest BCUT2D eigenvalue weighted by molar-refractivity contribution is -0.145. The van der Waals surface area contributed by atoms with Gasteiger partial charge in [-0.15, -0.1) is 0 Å². The summed E-state index contributed by atoms with van der Waals surface area (Å²) in [5.41, 5.74) is 0.714. The molecule has 7 nitrogen and oxygen atoms in total. The number of aliphatic carboxylic acids is 2. The number of rotatable bonds is 6. The number of hydrogen-bond acceptors (Lipinski definition) is 4. The van der Waals surface area contributed by atoms with E-state index in [1.165, 1.54) is 12.1 Å². The number of pyridine rings is 1. The lowest BCUT2D eigenvalue weighted by Gasteiger charge is -2.12. The van der Waals surface area contributed by atoms with E-state index in [2.05, 4.69) is 10.3 Å². The van der Waals surface area contributed by atoms with E-state index in [-0.39, 0.29) is 10.7 Å². The molecular formula is C12H13ClN2O5. The molecule has 1 aromatic rings. The van der Waals surface area contributed by atoms with E-state index in [4.69, 9.17) is 21.8 Å². The van der Waals surface area contributed by atoms with Gasteiger partial charge in [0.2, 0.25) is 0 Å². The van der Waals surface area contributed by atoms with Gasteiger partial charge in [-0.25, -0.2) is 9.78 Å². The van der Waals surface area contributed by atoms with E-state index in [9.17, 15) is 14.4 Å². The molecule has 20 heavy (non-hydrogen) atoms. The fraction of sp³-hybridized carbons (Fsp3) is 0.333. The largest absolute Gasteiger partial charge is 0.481 e. The van der Waals surface area contributed by atoms with E-state index in [1.54, 1.807) is 0 Å². The van der Waals surface area contributed by atoms with Crippen LogP contribution in [0.3, 0.4) is 0 Å². The van der Waals surface area contributed by atoms with Crippen molar-refractivity contribution in [1.29, 1.82) is 0 Å². The molecule has 0 radical (unpaired) electrons. The molecule has 1 aromatic heterocycles. The van der Waals surface area contributed by atoms with Crippen LogP contribution in [0.1, 0.15) is 29.4 Å². The SMILES string of the molecule is CCc1cc(C(=O)NC(CC(=O)O)C(=O)O)cc(Cl)n1. The van der Waals surface area contributed by atoms with Crippen LogP contribution in [0.2, 0.25) is 5.15 Å². The maximum Gasteiger partial charge on any atom is 0.326 e. The van der Waals surface area contributed by atoms with Gasteiger partial charge in [-0.1, -0.05) is 18.5 Å². The summed E-state index contributed by atoms with van der Waals surface area (Å²) in [7, 11) is 0. The van der Waals surface area contributed by atoms with Gasteiger partial charge in [0.1, 0.15) is 11.2 Å². The third-order valence-corrected chi connectivity index (χ3v) is 2.65. The van der Waals surface area contributed by atoms with Crippen molar-refractivity contribution in [3.05, 3.63) is 28.5 Å². The van der Waals surface area contributed by atoms with E-state index in [0.29, 0.717) is 12.1 Å². The van der Waals surface area contributed by atoms with Crippen LogP contribution in [0.25, 0.3) is 0 Å². The van der Waals surface area contributed by atoms with E-state index in [1.807, 2.05) is 6.92 Å². The molecule has 1 heterocycles. The van der Waals surface area contributed by atoms with Gasteiger partial charge < -0.3 is 15.5 Å². The van der Waals surface area contributed by atoms with Crippen molar-refractivity contribution < 1.29 is 24.6 Å². The second-order valence-corrected chi connectivity index (χ2v) is 4.37. The summed E-state index contributed by atoms with van der Waals surface area (Å²) in [6, 6.07) is 1.26. The number of aromatic nitrogens is 1. The maximum absolute atomic E-state index is 11.9. The quantitative estimate of drug-likeness (QED) is 0.674. The normalized spacial score (nSPS) is 11.7.